The lowest BCUT2D eigenvalue weighted by molar-refractivity contribution is 0.271. The molecule has 4 heteroatoms. The molecule has 0 atom stereocenters. The van der Waals surface area contributed by atoms with E-state index in [1.165, 1.54) is 11.1 Å². The zero-order chi connectivity index (χ0) is 13.7. The number of nitrogens with zero attached hydrogens (tertiary/aromatic N) is 1. The minimum Gasteiger partial charge on any atom is -0.399 e. The van der Waals surface area contributed by atoms with E-state index in [1.807, 2.05) is 18.2 Å². The highest BCUT2D eigenvalue weighted by molar-refractivity contribution is 9.10. The summed E-state index contributed by atoms with van der Waals surface area (Å²) >= 11 is 3.52. The van der Waals surface area contributed by atoms with E-state index in [0.717, 1.165) is 29.8 Å². The molecule has 0 saturated heterocycles. The molecule has 2 aromatic carbocycles. The van der Waals surface area contributed by atoms with E-state index >= 15 is 0 Å². The van der Waals surface area contributed by atoms with Gasteiger partial charge in [0.2, 0.25) is 0 Å². The summed E-state index contributed by atoms with van der Waals surface area (Å²) in [5.41, 5.74) is 9.23. The molecule has 0 spiro atoms. The van der Waals surface area contributed by atoms with Gasteiger partial charge >= 0.3 is 0 Å². The predicted octanol–water partition coefficient (Wildman–Crippen LogP) is 4.48. The van der Waals surface area contributed by atoms with Gasteiger partial charge in [-0.25, -0.2) is 0 Å². The molecule has 2 rings (SSSR count). The Morgan fingerprint density at radius 3 is 2.15 bits per heavy atom. The SMILES string of the molecule is CCN(Cc1cccc(N)c1)Cc1cccc(Br)c1.Cl. The normalized spacial score (nSPS) is 10.3. The monoisotopic (exact) mass is 354 g/mol. The second-order valence-electron chi connectivity index (χ2n) is 4.68. The molecule has 0 aliphatic heterocycles. The maximum absolute atomic E-state index is 5.82. The summed E-state index contributed by atoms with van der Waals surface area (Å²) in [5, 5.41) is 0. The van der Waals surface area contributed by atoms with Crippen molar-refractivity contribution in [2.24, 2.45) is 0 Å². The Hall–Kier alpha value is -1.03. The third kappa shape index (κ3) is 5.16. The highest BCUT2D eigenvalue weighted by atomic mass is 79.9. The second kappa shape index (κ2) is 8.30. The van der Waals surface area contributed by atoms with E-state index in [4.69, 9.17) is 5.73 Å². The third-order valence-corrected chi connectivity index (χ3v) is 3.59. The Morgan fingerprint density at radius 1 is 1.00 bits per heavy atom. The Labute approximate surface area is 135 Å². The van der Waals surface area contributed by atoms with Gasteiger partial charge in [0.15, 0.2) is 0 Å². The summed E-state index contributed by atoms with van der Waals surface area (Å²) in [6.45, 7) is 5.07. The van der Waals surface area contributed by atoms with Crippen LogP contribution in [-0.2, 0) is 13.1 Å². The first-order valence-electron chi connectivity index (χ1n) is 6.48. The fourth-order valence-corrected chi connectivity index (χ4v) is 2.57. The van der Waals surface area contributed by atoms with Gasteiger partial charge in [0.1, 0.15) is 0 Å². The molecule has 0 aromatic heterocycles. The summed E-state index contributed by atoms with van der Waals surface area (Å²) in [5.74, 6) is 0. The Balaban J connectivity index is 0.00000200. The minimum absolute atomic E-state index is 0. The molecule has 0 unspecified atom stereocenters. The first kappa shape index (κ1) is 17.0. The highest BCUT2D eigenvalue weighted by Gasteiger charge is 2.05. The number of nitrogen functional groups attached to an aromatic ring is 1. The maximum atomic E-state index is 5.82. The number of hydrogen-bond acceptors (Lipinski definition) is 2. The standard InChI is InChI=1S/C16H19BrN2.ClH/c1-2-19(11-13-5-3-7-15(17)9-13)12-14-6-4-8-16(18)10-14;/h3-10H,2,11-12,18H2,1H3;1H. The van der Waals surface area contributed by atoms with E-state index in [2.05, 4.69) is 58.1 Å². The van der Waals surface area contributed by atoms with Crippen molar-refractivity contribution in [2.75, 3.05) is 12.3 Å². The average Bonchev–Trinajstić information content (AvgIpc) is 2.38. The lowest BCUT2D eigenvalue weighted by Crippen LogP contribution is -2.22. The smallest absolute Gasteiger partial charge is 0.0317 e. The lowest BCUT2D eigenvalue weighted by atomic mass is 10.1. The van der Waals surface area contributed by atoms with Crippen molar-refractivity contribution >= 4 is 34.0 Å². The van der Waals surface area contributed by atoms with Crippen molar-refractivity contribution in [3.8, 4) is 0 Å². The largest absolute Gasteiger partial charge is 0.399 e. The number of benzene rings is 2. The molecule has 2 N–H and O–H groups in total. The van der Waals surface area contributed by atoms with Gasteiger partial charge in [-0.15, -0.1) is 12.4 Å². The third-order valence-electron chi connectivity index (χ3n) is 3.10. The molecule has 0 aliphatic carbocycles. The van der Waals surface area contributed by atoms with Gasteiger partial charge in [-0.2, -0.15) is 0 Å². The lowest BCUT2D eigenvalue weighted by Gasteiger charge is -2.21. The van der Waals surface area contributed by atoms with Crippen LogP contribution in [0.1, 0.15) is 18.1 Å². The molecule has 0 saturated carbocycles. The second-order valence-corrected chi connectivity index (χ2v) is 5.59. The van der Waals surface area contributed by atoms with Crippen LogP contribution in [0.2, 0.25) is 0 Å². The molecule has 0 heterocycles. The molecule has 20 heavy (non-hydrogen) atoms. The molecule has 0 amide bonds. The number of halogens is 2. The van der Waals surface area contributed by atoms with Crippen molar-refractivity contribution in [2.45, 2.75) is 20.0 Å². The summed E-state index contributed by atoms with van der Waals surface area (Å²) in [6.07, 6.45) is 0. The van der Waals surface area contributed by atoms with Crippen LogP contribution >= 0.6 is 28.3 Å². The van der Waals surface area contributed by atoms with Gasteiger partial charge in [0.05, 0.1) is 0 Å². The Bertz CT molecular complexity index is 498. The van der Waals surface area contributed by atoms with E-state index in [9.17, 15) is 0 Å². The molecule has 2 aromatic rings. The van der Waals surface area contributed by atoms with E-state index < -0.39 is 0 Å². The maximum Gasteiger partial charge on any atom is 0.0317 e. The van der Waals surface area contributed by atoms with E-state index in [-0.39, 0.29) is 12.4 Å². The van der Waals surface area contributed by atoms with Gasteiger partial charge in [-0.05, 0) is 41.9 Å². The van der Waals surface area contributed by atoms with Crippen molar-refractivity contribution < 1.29 is 0 Å². The number of rotatable bonds is 5. The first-order chi connectivity index (χ1) is 9.17. The zero-order valence-corrected chi connectivity index (χ0v) is 14.0. The van der Waals surface area contributed by atoms with E-state index in [0.29, 0.717) is 0 Å². The fourth-order valence-electron chi connectivity index (χ4n) is 2.12. The summed E-state index contributed by atoms with van der Waals surface area (Å²) in [6, 6.07) is 16.6. The van der Waals surface area contributed by atoms with Crippen molar-refractivity contribution in [3.63, 3.8) is 0 Å². The van der Waals surface area contributed by atoms with Crippen LogP contribution in [-0.4, -0.2) is 11.4 Å². The van der Waals surface area contributed by atoms with Crippen LogP contribution in [0.4, 0.5) is 5.69 Å². The molecule has 0 fully saturated rings. The van der Waals surface area contributed by atoms with Crippen molar-refractivity contribution in [1.29, 1.82) is 0 Å². The van der Waals surface area contributed by atoms with Crippen molar-refractivity contribution in [1.82, 2.24) is 4.90 Å². The van der Waals surface area contributed by atoms with Crippen LogP contribution in [0.15, 0.2) is 53.0 Å². The van der Waals surface area contributed by atoms with Crippen molar-refractivity contribution in [3.05, 3.63) is 64.1 Å². The number of anilines is 1. The molecule has 0 aliphatic rings. The molecule has 108 valence electrons. The van der Waals surface area contributed by atoms with Gasteiger partial charge in [0, 0.05) is 23.2 Å². The molecule has 0 bridgehead atoms. The average molecular weight is 356 g/mol. The molecular weight excluding hydrogens is 336 g/mol. The van der Waals surface area contributed by atoms with Crippen LogP contribution in [0.5, 0.6) is 0 Å². The Kier molecular flexibility index (Phi) is 7.06. The molecule has 0 radical (unpaired) electrons. The van der Waals surface area contributed by atoms with Crippen LogP contribution in [0.25, 0.3) is 0 Å². The highest BCUT2D eigenvalue weighted by Crippen LogP contribution is 2.15. The molecular formula is C16H20BrClN2. The van der Waals surface area contributed by atoms with Crippen LogP contribution in [0.3, 0.4) is 0 Å². The zero-order valence-electron chi connectivity index (χ0n) is 11.6. The predicted molar refractivity (Wildman–Crippen MR) is 92.0 cm³/mol. The van der Waals surface area contributed by atoms with Gasteiger partial charge in [-0.1, -0.05) is 47.1 Å². The van der Waals surface area contributed by atoms with Gasteiger partial charge in [-0.3, -0.25) is 4.90 Å². The fraction of sp³-hybridized carbons (Fsp3) is 0.250. The minimum atomic E-state index is 0. The number of hydrogen-bond donors (Lipinski definition) is 1. The van der Waals surface area contributed by atoms with Gasteiger partial charge < -0.3 is 5.73 Å². The van der Waals surface area contributed by atoms with Gasteiger partial charge in [0.25, 0.3) is 0 Å². The quantitative estimate of drug-likeness (QED) is 0.802. The van der Waals surface area contributed by atoms with E-state index in [1.54, 1.807) is 0 Å². The summed E-state index contributed by atoms with van der Waals surface area (Å²) in [7, 11) is 0. The topological polar surface area (TPSA) is 29.3 Å². The first-order valence-corrected chi connectivity index (χ1v) is 7.28. The summed E-state index contributed by atoms with van der Waals surface area (Å²) in [4.78, 5) is 2.40. The number of nitrogens with two attached hydrogens (primary N) is 1. The summed E-state index contributed by atoms with van der Waals surface area (Å²) < 4.78 is 1.13. The molecule has 2 nitrogen and oxygen atoms in total. The van der Waals surface area contributed by atoms with Crippen LogP contribution < -0.4 is 5.73 Å². The Morgan fingerprint density at radius 2 is 1.60 bits per heavy atom. The van der Waals surface area contributed by atoms with Crippen LogP contribution in [0, 0.1) is 0 Å².